The van der Waals surface area contributed by atoms with Crippen LogP contribution in [0.3, 0.4) is 0 Å². The van der Waals surface area contributed by atoms with Crippen LogP contribution in [0.15, 0.2) is 30.3 Å². The molecule has 1 aliphatic heterocycles. The van der Waals surface area contributed by atoms with E-state index in [0.29, 0.717) is 47.3 Å². The highest BCUT2D eigenvalue weighted by Gasteiger charge is 2.16. The number of rotatable bonds is 1. The molecule has 0 saturated carbocycles. The summed E-state index contributed by atoms with van der Waals surface area (Å²) in [6, 6.07) is 8.13. The first-order valence-electron chi connectivity index (χ1n) is 6.55. The van der Waals surface area contributed by atoms with Crippen LogP contribution in [0.1, 0.15) is 0 Å². The molecule has 4 rings (SSSR count). The lowest BCUT2D eigenvalue weighted by Gasteiger charge is -2.17. The van der Waals surface area contributed by atoms with Gasteiger partial charge in [-0.15, -0.1) is 0 Å². The number of hydrogen-bond donors (Lipinski definition) is 2. The number of nitrogens with one attached hydrogen (secondary N) is 1. The fourth-order valence-electron chi connectivity index (χ4n) is 2.40. The number of aromatic nitrogens is 2. The van der Waals surface area contributed by atoms with Crippen LogP contribution in [-0.2, 0) is 0 Å². The summed E-state index contributed by atoms with van der Waals surface area (Å²) in [4.78, 5) is 7.50. The monoisotopic (exact) mass is 285 g/mol. The molecule has 1 aromatic heterocycles. The average Bonchev–Trinajstić information content (AvgIpc) is 2.87. The normalized spacial score (nSPS) is 13.6. The lowest BCUT2D eigenvalue weighted by atomic mass is 10.2. The Hall–Kier alpha value is -2.76. The number of halogens is 1. The van der Waals surface area contributed by atoms with Gasteiger partial charge < -0.3 is 20.2 Å². The number of H-pyrrole nitrogens is 1. The van der Waals surface area contributed by atoms with Crippen molar-refractivity contribution in [2.45, 2.75) is 0 Å². The highest BCUT2D eigenvalue weighted by atomic mass is 19.1. The Labute approximate surface area is 119 Å². The highest BCUT2D eigenvalue weighted by Crippen LogP contribution is 2.35. The largest absolute Gasteiger partial charge is 0.486 e. The molecule has 0 atom stereocenters. The van der Waals surface area contributed by atoms with E-state index in [0.717, 1.165) is 5.52 Å². The maximum Gasteiger partial charge on any atom is 0.163 e. The van der Waals surface area contributed by atoms with Crippen LogP contribution in [0.4, 0.5) is 10.1 Å². The molecule has 5 nitrogen and oxygen atoms in total. The number of hydrogen-bond acceptors (Lipinski definition) is 4. The van der Waals surface area contributed by atoms with E-state index in [2.05, 4.69) is 9.97 Å². The van der Waals surface area contributed by atoms with Crippen molar-refractivity contribution in [2.24, 2.45) is 0 Å². The van der Waals surface area contributed by atoms with E-state index < -0.39 is 5.82 Å². The van der Waals surface area contributed by atoms with Gasteiger partial charge in [-0.25, -0.2) is 9.37 Å². The van der Waals surface area contributed by atoms with E-state index in [9.17, 15) is 4.39 Å². The Morgan fingerprint density at radius 1 is 1.10 bits per heavy atom. The number of ether oxygens (including phenoxy) is 2. The van der Waals surface area contributed by atoms with Gasteiger partial charge in [0.2, 0.25) is 0 Å². The number of benzene rings is 2. The third-order valence-corrected chi connectivity index (χ3v) is 3.39. The molecule has 0 spiro atoms. The standard InChI is InChI=1S/C15H12FN3O2/c16-10-5-8(17)1-2-9(10)15-18-11-6-13-14(7-12(11)19-15)21-4-3-20-13/h1-2,5-7H,3-4,17H2,(H,18,19). The summed E-state index contributed by atoms with van der Waals surface area (Å²) in [5.41, 5.74) is 7.78. The summed E-state index contributed by atoms with van der Waals surface area (Å²) >= 11 is 0. The molecule has 2 aromatic carbocycles. The lowest BCUT2D eigenvalue weighted by Crippen LogP contribution is -2.15. The number of nitrogens with two attached hydrogens (primary N) is 1. The van der Waals surface area contributed by atoms with E-state index in [4.69, 9.17) is 15.2 Å². The van der Waals surface area contributed by atoms with Crippen molar-refractivity contribution in [1.82, 2.24) is 9.97 Å². The molecular weight excluding hydrogens is 273 g/mol. The van der Waals surface area contributed by atoms with Gasteiger partial charge in [0, 0.05) is 17.8 Å². The van der Waals surface area contributed by atoms with E-state index >= 15 is 0 Å². The zero-order chi connectivity index (χ0) is 14.4. The van der Waals surface area contributed by atoms with Crippen molar-refractivity contribution in [3.63, 3.8) is 0 Å². The predicted octanol–water partition coefficient (Wildman–Crippen LogP) is 2.72. The molecule has 0 amide bonds. The minimum Gasteiger partial charge on any atom is -0.486 e. The molecule has 0 radical (unpaired) electrons. The Morgan fingerprint density at radius 2 is 1.86 bits per heavy atom. The average molecular weight is 285 g/mol. The van der Waals surface area contributed by atoms with Crippen LogP contribution < -0.4 is 15.2 Å². The van der Waals surface area contributed by atoms with Gasteiger partial charge in [0.25, 0.3) is 0 Å². The van der Waals surface area contributed by atoms with Gasteiger partial charge in [-0.05, 0) is 18.2 Å². The van der Waals surface area contributed by atoms with Gasteiger partial charge in [0.05, 0.1) is 16.6 Å². The van der Waals surface area contributed by atoms with Crippen LogP contribution >= 0.6 is 0 Å². The van der Waals surface area contributed by atoms with E-state index in [-0.39, 0.29) is 0 Å². The number of nitrogens with zero attached hydrogens (tertiary/aromatic N) is 1. The SMILES string of the molecule is Nc1ccc(-c2nc3cc4c(cc3[nH]2)OCCO4)c(F)c1. The van der Waals surface area contributed by atoms with E-state index in [1.54, 1.807) is 18.2 Å². The first-order chi connectivity index (χ1) is 10.2. The molecule has 6 heteroatoms. The van der Waals surface area contributed by atoms with Crippen molar-refractivity contribution in [2.75, 3.05) is 18.9 Å². The lowest BCUT2D eigenvalue weighted by molar-refractivity contribution is 0.172. The number of nitrogen functional groups attached to an aromatic ring is 1. The molecule has 0 bridgehead atoms. The summed E-state index contributed by atoms with van der Waals surface area (Å²) in [7, 11) is 0. The topological polar surface area (TPSA) is 73.2 Å². The summed E-state index contributed by atoms with van der Waals surface area (Å²) < 4.78 is 25.0. The zero-order valence-electron chi connectivity index (χ0n) is 11.0. The molecule has 2 heterocycles. The summed E-state index contributed by atoms with van der Waals surface area (Å²) in [5, 5.41) is 0. The van der Waals surface area contributed by atoms with E-state index in [1.807, 2.05) is 6.07 Å². The smallest absolute Gasteiger partial charge is 0.163 e. The third kappa shape index (κ3) is 1.96. The molecule has 3 N–H and O–H groups in total. The second-order valence-electron chi connectivity index (χ2n) is 4.84. The maximum atomic E-state index is 14.0. The molecule has 0 fully saturated rings. The van der Waals surface area contributed by atoms with Crippen LogP contribution in [0.5, 0.6) is 11.5 Å². The van der Waals surface area contributed by atoms with Crippen molar-refractivity contribution in [1.29, 1.82) is 0 Å². The number of aromatic amines is 1. The molecule has 0 unspecified atom stereocenters. The Bertz CT molecular complexity index is 801. The van der Waals surface area contributed by atoms with Crippen molar-refractivity contribution < 1.29 is 13.9 Å². The van der Waals surface area contributed by atoms with Crippen molar-refractivity contribution in [3.8, 4) is 22.9 Å². The molecule has 0 saturated heterocycles. The molecule has 0 aliphatic carbocycles. The summed E-state index contributed by atoms with van der Waals surface area (Å²) in [6.07, 6.45) is 0. The fourth-order valence-corrected chi connectivity index (χ4v) is 2.40. The van der Waals surface area contributed by atoms with Gasteiger partial charge in [-0.2, -0.15) is 0 Å². The number of anilines is 1. The first-order valence-corrected chi connectivity index (χ1v) is 6.55. The zero-order valence-corrected chi connectivity index (χ0v) is 11.0. The van der Waals surface area contributed by atoms with Gasteiger partial charge in [-0.1, -0.05) is 0 Å². The molecule has 3 aromatic rings. The first kappa shape index (κ1) is 12.0. The molecule has 21 heavy (non-hydrogen) atoms. The predicted molar refractivity (Wildman–Crippen MR) is 76.9 cm³/mol. The fraction of sp³-hybridized carbons (Fsp3) is 0.133. The van der Waals surface area contributed by atoms with Crippen LogP contribution in [0.25, 0.3) is 22.4 Å². The Kier molecular flexibility index (Phi) is 2.50. The molecular formula is C15H12FN3O2. The van der Waals surface area contributed by atoms with Crippen LogP contribution in [0.2, 0.25) is 0 Å². The Balaban J connectivity index is 1.86. The second kappa shape index (κ2) is 4.37. The number of fused-ring (bicyclic) bond motifs is 2. The van der Waals surface area contributed by atoms with E-state index in [1.165, 1.54) is 6.07 Å². The summed E-state index contributed by atoms with van der Waals surface area (Å²) in [5.74, 6) is 1.36. The highest BCUT2D eigenvalue weighted by molar-refractivity contribution is 5.83. The van der Waals surface area contributed by atoms with Gasteiger partial charge in [0.15, 0.2) is 11.5 Å². The maximum absolute atomic E-state index is 14.0. The second-order valence-corrected chi connectivity index (χ2v) is 4.84. The van der Waals surface area contributed by atoms with Crippen LogP contribution in [-0.4, -0.2) is 23.2 Å². The minimum atomic E-state index is -0.411. The third-order valence-electron chi connectivity index (χ3n) is 3.39. The minimum absolute atomic E-state index is 0.375. The van der Waals surface area contributed by atoms with Gasteiger partial charge in [-0.3, -0.25) is 0 Å². The van der Waals surface area contributed by atoms with Crippen molar-refractivity contribution >= 4 is 16.7 Å². The molecule has 106 valence electrons. The molecule has 1 aliphatic rings. The van der Waals surface area contributed by atoms with Crippen LogP contribution in [0, 0.1) is 5.82 Å². The van der Waals surface area contributed by atoms with Gasteiger partial charge in [0.1, 0.15) is 24.9 Å². The quantitative estimate of drug-likeness (QED) is 0.674. The Morgan fingerprint density at radius 3 is 2.62 bits per heavy atom. The summed E-state index contributed by atoms with van der Waals surface area (Å²) in [6.45, 7) is 1.04. The van der Waals surface area contributed by atoms with Crippen molar-refractivity contribution in [3.05, 3.63) is 36.1 Å². The van der Waals surface area contributed by atoms with Gasteiger partial charge >= 0.3 is 0 Å². The number of imidazole rings is 1.